The fourth-order valence-electron chi connectivity index (χ4n) is 1.87. The summed E-state index contributed by atoms with van der Waals surface area (Å²) in [5.74, 6) is -0.258. The molecule has 0 saturated carbocycles. The van der Waals surface area contributed by atoms with E-state index in [9.17, 15) is 4.79 Å². The molecule has 1 unspecified atom stereocenters. The first-order chi connectivity index (χ1) is 8.93. The Hall–Kier alpha value is -1.35. The number of ketones is 1. The smallest absolute Gasteiger partial charge is 0.188 e. The fraction of sp³-hybridized carbons (Fsp3) is 0.133. The number of carbonyl (C=O) groups is 1. The summed E-state index contributed by atoms with van der Waals surface area (Å²) >= 11 is 12.0. The Balaban J connectivity index is 2.46. The van der Waals surface area contributed by atoms with Crippen LogP contribution in [-0.2, 0) is 5.54 Å². The van der Waals surface area contributed by atoms with Crippen molar-refractivity contribution in [3.05, 3.63) is 69.7 Å². The van der Waals surface area contributed by atoms with Crippen molar-refractivity contribution in [1.29, 1.82) is 0 Å². The summed E-state index contributed by atoms with van der Waals surface area (Å²) < 4.78 is 0. The van der Waals surface area contributed by atoms with Gasteiger partial charge in [-0.3, -0.25) is 4.79 Å². The molecule has 0 fully saturated rings. The van der Waals surface area contributed by atoms with Crippen LogP contribution in [-0.4, -0.2) is 5.78 Å². The standard InChI is InChI=1S/C15H13Cl2NO/c1-15(18,10-5-3-2-4-6-10)14(19)12-9-11(16)7-8-13(12)17/h2-9H,18H2,1H3. The Morgan fingerprint density at radius 3 is 2.37 bits per heavy atom. The number of hydrogen-bond donors (Lipinski definition) is 1. The summed E-state index contributed by atoms with van der Waals surface area (Å²) in [6.45, 7) is 1.67. The van der Waals surface area contributed by atoms with Gasteiger partial charge < -0.3 is 5.73 Å². The van der Waals surface area contributed by atoms with E-state index in [4.69, 9.17) is 28.9 Å². The van der Waals surface area contributed by atoms with Crippen LogP contribution < -0.4 is 5.73 Å². The molecular weight excluding hydrogens is 281 g/mol. The molecule has 19 heavy (non-hydrogen) atoms. The highest BCUT2D eigenvalue weighted by molar-refractivity contribution is 6.36. The van der Waals surface area contributed by atoms with Crippen LogP contribution in [0.1, 0.15) is 22.8 Å². The minimum Gasteiger partial charge on any atom is -0.315 e. The second-order valence-electron chi connectivity index (χ2n) is 4.52. The van der Waals surface area contributed by atoms with Crippen molar-refractivity contribution in [3.63, 3.8) is 0 Å². The van der Waals surface area contributed by atoms with E-state index in [1.807, 2.05) is 30.3 Å². The number of rotatable bonds is 3. The lowest BCUT2D eigenvalue weighted by atomic mass is 9.85. The lowest BCUT2D eigenvalue weighted by Gasteiger charge is -2.24. The van der Waals surface area contributed by atoms with Gasteiger partial charge in [-0.15, -0.1) is 0 Å². The van der Waals surface area contributed by atoms with Gasteiger partial charge in [0.25, 0.3) is 0 Å². The summed E-state index contributed by atoms with van der Waals surface area (Å²) in [5.41, 5.74) is 6.11. The Morgan fingerprint density at radius 2 is 1.74 bits per heavy atom. The molecule has 2 aromatic rings. The van der Waals surface area contributed by atoms with Gasteiger partial charge in [0.15, 0.2) is 5.78 Å². The average Bonchev–Trinajstić information content (AvgIpc) is 2.41. The van der Waals surface area contributed by atoms with Crippen molar-refractivity contribution in [2.24, 2.45) is 5.73 Å². The molecule has 2 N–H and O–H groups in total. The lowest BCUT2D eigenvalue weighted by molar-refractivity contribution is 0.0900. The zero-order valence-electron chi connectivity index (χ0n) is 10.4. The zero-order chi connectivity index (χ0) is 14.0. The van der Waals surface area contributed by atoms with Crippen LogP contribution in [0.25, 0.3) is 0 Å². The summed E-state index contributed by atoms with van der Waals surface area (Å²) in [6, 6.07) is 14.0. The van der Waals surface area contributed by atoms with Crippen molar-refractivity contribution in [3.8, 4) is 0 Å². The van der Waals surface area contributed by atoms with E-state index >= 15 is 0 Å². The first kappa shape index (κ1) is 14.1. The summed E-state index contributed by atoms with van der Waals surface area (Å²) in [5, 5.41) is 0.804. The first-order valence-electron chi connectivity index (χ1n) is 5.77. The topological polar surface area (TPSA) is 43.1 Å². The van der Waals surface area contributed by atoms with Crippen molar-refractivity contribution in [2.75, 3.05) is 0 Å². The van der Waals surface area contributed by atoms with Crippen LogP contribution in [0.4, 0.5) is 0 Å². The van der Waals surface area contributed by atoms with Crippen LogP contribution in [0.5, 0.6) is 0 Å². The number of Topliss-reactive ketones (excluding diaryl/α,β-unsaturated/α-hetero) is 1. The molecule has 0 aliphatic carbocycles. The molecule has 0 radical (unpaired) electrons. The summed E-state index contributed by atoms with van der Waals surface area (Å²) in [6.07, 6.45) is 0. The average molecular weight is 294 g/mol. The van der Waals surface area contributed by atoms with E-state index in [1.165, 1.54) is 0 Å². The lowest BCUT2D eigenvalue weighted by Crippen LogP contribution is -2.42. The molecule has 0 amide bonds. The zero-order valence-corrected chi connectivity index (χ0v) is 11.9. The number of benzene rings is 2. The van der Waals surface area contributed by atoms with Crippen LogP contribution in [0.2, 0.25) is 10.0 Å². The predicted octanol–water partition coefficient (Wildman–Crippen LogP) is 4.05. The molecule has 0 aliphatic heterocycles. The third-order valence-corrected chi connectivity index (χ3v) is 3.58. The number of nitrogens with two attached hydrogens (primary N) is 1. The van der Waals surface area contributed by atoms with Gasteiger partial charge in [0, 0.05) is 10.6 Å². The number of halogens is 2. The third-order valence-electron chi connectivity index (χ3n) is 3.02. The van der Waals surface area contributed by atoms with E-state index in [1.54, 1.807) is 25.1 Å². The maximum absolute atomic E-state index is 12.6. The molecular formula is C15H13Cl2NO. The Morgan fingerprint density at radius 1 is 1.11 bits per heavy atom. The SMILES string of the molecule is CC(N)(C(=O)c1cc(Cl)ccc1Cl)c1ccccc1. The fourth-order valence-corrected chi connectivity index (χ4v) is 2.24. The molecule has 0 spiro atoms. The van der Waals surface area contributed by atoms with Gasteiger partial charge in [-0.2, -0.15) is 0 Å². The van der Waals surface area contributed by atoms with E-state index < -0.39 is 5.54 Å². The van der Waals surface area contributed by atoms with Gasteiger partial charge in [-0.1, -0.05) is 53.5 Å². The number of hydrogen-bond acceptors (Lipinski definition) is 2. The molecule has 0 aliphatic rings. The van der Waals surface area contributed by atoms with Crippen molar-refractivity contribution < 1.29 is 4.79 Å². The van der Waals surface area contributed by atoms with Crippen LogP contribution in [0.3, 0.4) is 0 Å². The van der Waals surface area contributed by atoms with Gasteiger partial charge in [0.2, 0.25) is 0 Å². The van der Waals surface area contributed by atoms with Gasteiger partial charge in [-0.05, 0) is 30.7 Å². The molecule has 0 saturated heterocycles. The van der Waals surface area contributed by atoms with Gasteiger partial charge >= 0.3 is 0 Å². The largest absolute Gasteiger partial charge is 0.315 e. The van der Waals surface area contributed by atoms with Crippen molar-refractivity contribution in [1.82, 2.24) is 0 Å². The number of carbonyl (C=O) groups excluding carboxylic acids is 1. The molecule has 4 heteroatoms. The van der Waals surface area contributed by atoms with Crippen LogP contribution >= 0.6 is 23.2 Å². The Labute approximate surface area is 122 Å². The monoisotopic (exact) mass is 293 g/mol. The first-order valence-corrected chi connectivity index (χ1v) is 6.53. The second-order valence-corrected chi connectivity index (χ2v) is 5.37. The molecule has 98 valence electrons. The van der Waals surface area contributed by atoms with E-state index in [0.29, 0.717) is 15.6 Å². The normalized spacial score (nSPS) is 13.9. The highest BCUT2D eigenvalue weighted by atomic mass is 35.5. The highest BCUT2D eigenvalue weighted by Crippen LogP contribution is 2.28. The second kappa shape index (κ2) is 5.33. The maximum atomic E-state index is 12.6. The third kappa shape index (κ3) is 2.81. The molecule has 1 atom stereocenters. The minimum atomic E-state index is -1.14. The quantitative estimate of drug-likeness (QED) is 0.868. The van der Waals surface area contributed by atoms with E-state index in [2.05, 4.69) is 0 Å². The van der Waals surface area contributed by atoms with Crippen LogP contribution in [0.15, 0.2) is 48.5 Å². The van der Waals surface area contributed by atoms with Crippen LogP contribution in [0, 0.1) is 0 Å². The Bertz CT molecular complexity index is 609. The van der Waals surface area contributed by atoms with E-state index in [-0.39, 0.29) is 5.78 Å². The molecule has 2 rings (SSSR count). The van der Waals surface area contributed by atoms with Gasteiger partial charge in [0.05, 0.1) is 5.02 Å². The molecule has 0 heterocycles. The molecule has 2 nitrogen and oxygen atoms in total. The molecule has 0 bridgehead atoms. The van der Waals surface area contributed by atoms with E-state index in [0.717, 1.165) is 5.56 Å². The minimum absolute atomic E-state index is 0.258. The molecule has 0 aromatic heterocycles. The molecule has 2 aromatic carbocycles. The Kier molecular flexibility index (Phi) is 3.95. The van der Waals surface area contributed by atoms with Gasteiger partial charge in [-0.25, -0.2) is 0 Å². The highest BCUT2D eigenvalue weighted by Gasteiger charge is 2.32. The summed E-state index contributed by atoms with van der Waals surface area (Å²) in [7, 11) is 0. The maximum Gasteiger partial charge on any atom is 0.188 e. The van der Waals surface area contributed by atoms with Gasteiger partial charge in [0.1, 0.15) is 5.54 Å². The van der Waals surface area contributed by atoms with Crippen molar-refractivity contribution >= 4 is 29.0 Å². The van der Waals surface area contributed by atoms with Crippen molar-refractivity contribution in [2.45, 2.75) is 12.5 Å². The predicted molar refractivity (Wildman–Crippen MR) is 78.8 cm³/mol. The summed E-state index contributed by atoms with van der Waals surface area (Å²) in [4.78, 5) is 12.6.